The maximum atomic E-state index is 12.7. The highest BCUT2D eigenvalue weighted by molar-refractivity contribution is 7.99. The van der Waals surface area contributed by atoms with Gasteiger partial charge in [0.1, 0.15) is 17.6 Å². The summed E-state index contributed by atoms with van der Waals surface area (Å²) in [4.78, 5) is 25.0. The third kappa shape index (κ3) is 4.81. The molecule has 1 unspecified atom stereocenters. The Balaban J connectivity index is 1.59. The molecule has 0 saturated carbocycles. The summed E-state index contributed by atoms with van der Waals surface area (Å²) in [6.45, 7) is 3.68. The second-order valence-corrected chi connectivity index (χ2v) is 8.12. The lowest BCUT2D eigenvalue weighted by Crippen LogP contribution is -2.46. The Bertz CT molecular complexity index is 1170. The molecule has 2 aromatic heterocycles. The van der Waals surface area contributed by atoms with Gasteiger partial charge < -0.3 is 24.2 Å². The monoisotopic (exact) mass is 474 g/mol. The molecule has 1 atom stereocenters. The van der Waals surface area contributed by atoms with Crippen LogP contribution in [-0.2, 0) is 9.53 Å². The van der Waals surface area contributed by atoms with E-state index in [2.05, 4.69) is 20.8 Å². The van der Waals surface area contributed by atoms with Gasteiger partial charge in [0, 0.05) is 22.0 Å². The standard InChI is InChI=1S/C21H19ClN4O5S/c1-3-29-19(27)16-14(23-20(28)24-17(16)15-9-4-11(2)30-15)10-32-21-26-25-18(31-21)12-5-7-13(22)8-6-12/h4-9,17H,3,10H2,1-2H3,(H2,23,24,28). The first kappa shape index (κ1) is 22.0. The molecule has 0 saturated heterocycles. The Morgan fingerprint density at radius 2 is 1.97 bits per heavy atom. The summed E-state index contributed by atoms with van der Waals surface area (Å²) >= 11 is 7.10. The minimum Gasteiger partial charge on any atom is -0.464 e. The molecule has 1 aromatic carbocycles. The fourth-order valence-electron chi connectivity index (χ4n) is 3.11. The zero-order valence-electron chi connectivity index (χ0n) is 17.2. The summed E-state index contributed by atoms with van der Waals surface area (Å²) in [5.74, 6) is 1.07. The van der Waals surface area contributed by atoms with Crippen LogP contribution in [0.15, 0.2) is 61.7 Å². The fourth-order valence-corrected chi connectivity index (χ4v) is 3.97. The number of urea groups is 1. The molecule has 166 valence electrons. The number of aromatic nitrogens is 2. The van der Waals surface area contributed by atoms with Crippen molar-refractivity contribution < 1.29 is 23.2 Å². The second-order valence-electron chi connectivity index (χ2n) is 6.76. The zero-order chi connectivity index (χ0) is 22.7. The van der Waals surface area contributed by atoms with E-state index in [1.165, 1.54) is 11.8 Å². The molecule has 4 rings (SSSR count). The van der Waals surface area contributed by atoms with Gasteiger partial charge in [0.2, 0.25) is 5.89 Å². The van der Waals surface area contributed by atoms with E-state index in [-0.39, 0.29) is 23.2 Å². The fraction of sp³-hybridized carbons (Fsp3) is 0.238. The molecule has 32 heavy (non-hydrogen) atoms. The number of thioether (sulfide) groups is 1. The number of nitrogens with zero attached hydrogens (tertiary/aromatic N) is 2. The van der Waals surface area contributed by atoms with Crippen molar-refractivity contribution >= 4 is 35.4 Å². The van der Waals surface area contributed by atoms with Crippen molar-refractivity contribution in [2.75, 3.05) is 12.4 Å². The summed E-state index contributed by atoms with van der Waals surface area (Å²) in [7, 11) is 0. The molecule has 1 aliphatic rings. The van der Waals surface area contributed by atoms with E-state index in [1.54, 1.807) is 50.2 Å². The zero-order valence-corrected chi connectivity index (χ0v) is 18.7. The van der Waals surface area contributed by atoms with Gasteiger partial charge in [0.25, 0.3) is 5.22 Å². The molecule has 0 fully saturated rings. The van der Waals surface area contributed by atoms with Crippen molar-refractivity contribution in [1.29, 1.82) is 0 Å². The van der Waals surface area contributed by atoms with Gasteiger partial charge >= 0.3 is 12.0 Å². The number of nitrogens with one attached hydrogen (secondary N) is 2. The van der Waals surface area contributed by atoms with Crippen LogP contribution in [0.5, 0.6) is 0 Å². The van der Waals surface area contributed by atoms with Gasteiger partial charge in [-0.25, -0.2) is 9.59 Å². The Hall–Kier alpha value is -3.24. The summed E-state index contributed by atoms with van der Waals surface area (Å²) < 4.78 is 16.6. The molecule has 11 heteroatoms. The van der Waals surface area contributed by atoms with Gasteiger partial charge in [-0.3, -0.25) is 0 Å². The van der Waals surface area contributed by atoms with E-state index in [0.717, 1.165) is 5.56 Å². The predicted octanol–water partition coefficient (Wildman–Crippen LogP) is 4.25. The maximum absolute atomic E-state index is 12.7. The van der Waals surface area contributed by atoms with Crippen LogP contribution in [0.3, 0.4) is 0 Å². The number of hydrogen-bond donors (Lipinski definition) is 2. The minimum atomic E-state index is -0.778. The molecule has 2 amide bonds. The number of benzene rings is 1. The van der Waals surface area contributed by atoms with Crippen LogP contribution in [0, 0.1) is 6.92 Å². The number of rotatable bonds is 7. The van der Waals surface area contributed by atoms with E-state index in [9.17, 15) is 9.59 Å². The molecule has 9 nitrogen and oxygen atoms in total. The predicted molar refractivity (Wildman–Crippen MR) is 117 cm³/mol. The lowest BCUT2D eigenvalue weighted by atomic mass is 10.0. The molecule has 2 N–H and O–H groups in total. The van der Waals surface area contributed by atoms with Crippen LogP contribution in [0.1, 0.15) is 24.5 Å². The van der Waals surface area contributed by atoms with Gasteiger partial charge in [0.05, 0.1) is 12.2 Å². The van der Waals surface area contributed by atoms with E-state index in [4.69, 9.17) is 25.2 Å². The van der Waals surface area contributed by atoms with Crippen LogP contribution >= 0.6 is 23.4 Å². The van der Waals surface area contributed by atoms with Crippen LogP contribution < -0.4 is 10.6 Å². The molecule has 0 bridgehead atoms. The average Bonchev–Trinajstić information content (AvgIpc) is 3.41. The number of carbonyl (C=O) groups is 2. The van der Waals surface area contributed by atoms with Gasteiger partial charge in [-0.2, -0.15) is 0 Å². The Labute approximate surface area is 192 Å². The normalized spacial score (nSPS) is 16.0. The molecule has 0 radical (unpaired) electrons. The highest BCUT2D eigenvalue weighted by Gasteiger charge is 2.35. The van der Waals surface area contributed by atoms with E-state index in [1.807, 2.05) is 0 Å². The Morgan fingerprint density at radius 1 is 1.19 bits per heavy atom. The van der Waals surface area contributed by atoms with Crippen molar-refractivity contribution in [3.63, 3.8) is 0 Å². The maximum Gasteiger partial charge on any atom is 0.338 e. The average molecular weight is 475 g/mol. The molecule has 0 aliphatic carbocycles. The highest BCUT2D eigenvalue weighted by atomic mass is 35.5. The minimum absolute atomic E-state index is 0.189. The first-order valence-corrected chi connectivity index (χ1v) is 11.1. The van der Waals surface area contributed by atoms with Crippen LogP contribution in [-0.4, -0.2) is 34.6 Å². The molecule has 0 spiro atoms. The largest absolute Gasteiger partial charge is 0.464 e. The van der Waals surface area contributed by atoms with Crippen molar-refractivity contribution in [3.8, 4) is 11.5 Å². The van der Waals surface area contributed by atoms with Gasteiger partial charge in [-0.1, -0.05) is 23.4 Å². The number of hydrogen-bond acceptors (Lipinski definition) is 8. The van der Waals surface area contributed by atoms with Crippen LogP contribution in [0.25, 0.3) is 11.5 Å². The molecule has 3 aromatic rings. The molecule has 1 aliphatic heterocycles. The van der Waals surface area contributed by atoms with E-state index in [0.29, 0.717) is 28.1 Å². The Kier molecular flexibility index (Phi) is 6.52. The number of furan rings is 1. The van der Waals surface area contributed by atoms with Crippen molar-refractivity contribution in [3.05, 3.63) is 64.2 Å². The summed E-state index contributed by atoms with van der Waals surface area (Å²) in [5.41, 5.74) is 1.36. The smallest absolute Gasteiger partial charge is 0.338 e. The number of ether oxygens (including phenoxy) is 1. The first-order valence-electron chi connectivity index (χ1n) is 9.71. The first-order chi connectivity index (χ1) is 15.4. The number of aryl methyl sites for hydroxylation is 1. The topological polar surface area (TPSA) is 119 Å². The van der Waals surface area contributed by atoms with Crippen LogP contribution in [0.4, 0.5) is 4.79 Å². The summed E-state index contributed by atoms with van der Waals surface area (Å²) in [5, 5.41) is 14.4. The highest BCUT2D eigenvalue weighted by Crippen LogP contribution is 2.32. The van der Waals surface area contributed by atoms with Crippen molar-refractivity contribution in [1.82, 2.24) is 20.8 Å². The van der Waals surface area contributed by atoms with Gasteiger partial charge in [-0.05, 0) is 50.2 Å². The van der Waals surface area contributed by atoms with E-state index >= 15 is 0 Å². The molecular formula is C21H19ClN4O5S. The van der Waals surface area contributed by atoms with Crippen molar-refractivity contribution in [2.45, 2.75) is 25.1 Å². The van der Waals surface area contributed by atoms with E-state index < -0.39 is 18.0 Å². The number of esters is 1. The summed E-state index contributed by atoms with van der Waals surface area (Å²) in [6, 6.07) is 9.24. The number of halogens is 1. The molecular weight excluding hydrogens is 456 g/mol. The third-order valence-electron chi connectivity index (χ3n) is 4.53. The Morgan fingerprint density at radius 3 is 2.66 bits per heavy atom. The quantitative estimate of drug-likeness (QED) is 0.385. The lowest BCUT2D eigenvalue weighted by molar-refractivity contribution is -0.139. The molecule has 3 heterocycles. The third-order valence-corrected chi connectivity index (χ3v) is 5.63. The second kappa shape index (κ2) is 9.49. The number of amides is 2. The van der Waals surface area contributed by atoms with Gasteiger partial charge in [-0.15, -0.1) is 10.2 Å². The van der Waals surface area contributed by atoms with Crippen molar-refractivity contribution in [2.24, 2.45) is 0 Å². The lowest BCUT2D eigenvalue weighted by Gasteiger charge is -2.27. The SMILES string of the molecule is CCOC(=O)C1=C(CSc2nnc(-c3ccc(Cl)cc3)o2)NC(=O)NC1c1ccc(C)o1. The summed E-state index contributed by atoms with van der Waals surface area (Å²) in [6.07, 6.45) is 0. The number of carbonyl (C=O) groups excluding carboxylic acids is 2. The van der Waals surface area contributed by atoms with Crippen LogP contribution in [0.2, 0.25) is 5.02 Å². The van der Waals surface area contributed by atoms with Gasteiger partial charge in [0.15, 0.2) is 0 Å².